The number of hydrogen-bond acceptors (Lipinski definition) is 3. The molecule has 1 aromatic heterocycles. The van der Waals surface area contributed by atoms with Gasteiger partial charge in [-0.05, 0) is 34.7 Å². The molecule has 0 bridgehead atoms. The van der Waals surface area contributed by atoms with Crippen molar-refractivity contribution in [1.29, 1.82) is 0 Å². The van der Waals surface area contributed by atoms with Crippen molar-refractivity contribution in [1.82, 2.24) is 4.98 Å². The minimum Gasteiger partial charge on any atom is -0.465 e. The minimum atomic E-state index is -0.352. The minimum absolute atomic E-state index is 0.352. The molecule has 0 atom stereocenters. The molecule has 76 valence electrons. The van der Waals surface area contributed by atoms with Gasteiger partial charge in [-0.2, -0.15) is 0 Å². The highest BCUT2D eigenvalue weighted by Gasteiger charge is 2.10. The van der Waals surface area contributed by atoms with E-state index in [1.165, 1.54) is 7.11 Å². The third kappa shape index (κ3) is 1.94. The van der Waals surface area contributed by atoms with Gasteiger partial charge in [-0.15, -0.1) is 0 Å². The average Bonchev–Trinajstić information content (AvgIpc) is 2.26. The quantitative estimate of drug-likeness (QED) is 0.600. The Hall–Kier alpha value is -1.17. The number of carbonyl (C=O) groups excluding carboxylic acids is 1. The number of rotatable bonds is 1. The number of aromatic nitrogens is 1. The molecule has 0 saturated heterocycles. The highest BCUT2D eigenvalue weighted by molar-refractivity contribution is 14.1. The Morgan fingerprint density at radius 1 is 1.47 bits per heavy atom. The molecule has 3 nitrogen and oxygen atoms in total. The second-order valence-corrected chi connectivity index (χ2v) is 4.27. The molecule has 0 radical (unpaired) electrons. The molecule has 0 N–H and O–H groups in total. The van der Waals surface area contributed by atoms with Crippen LogP contribution in [0.3, 0.4) is 0 Å². The normalized spacial score (nSPS) is 10.3. The molecule has 1 heterocycles. The second-order valence-electron chi connectivity index (χ2n) is 3.02. The van der Waals surface area contributed by atoms with Crippen molar-refractivity contribution in [2.24, 2.45) is 0 Å². The molecule has 0 saturated carbocycles. The van der Waals surface area contributed by atoms with Crippen molar-refractivity contribution in [3.05, 3.63) is 39.6 Å². The van der Waals surface area contributed by atoms with E-state index in [9.17, 15) is 4.79 Å². The van der Waals surface area contributed by atoms with Crippen LogP contribution in [0.25, 0.3) is 10.9 Å². The number of ether oxygens (including phenoxy) is 1. The highest BCUT2D eigenvalue weighted by atomic mass is 127. The first kappa shape index (κ1) is 10.4. The summed E-state index contributed by atoms with van der Waals surface area (Å²) in [7, 11) is 1.37. The van der Waals surface area contributed by atoms with Crippen molar-refractivity contribution < 1.29 is 9.53 Å². The van der Waals surface area contributed by atoms with E-state index in [0.717, 1.165) is 8.96 Å². The fraction of sp³-hybridized carbons (Fsp3) is 0.0909. The summed E-state index contributed by atoms with van der Waals surface area (Å²) in [4.78, 5) is 15.7. The number of fused-ring (bicyclic) bond motifs is 1. The molecule has 0 fully saturated rings. The Bertz CT molecular complexity index is 525. The van der Waals surface area contributed by atoms with E-state index in [4.69, 9.17) is 4.74 Å². The SMILES string of the molecule is COC(=O)c1cccc2cc(I)cnc12. The lowest BCUT2D eigenvalue weighted by molar-refractivity contribution is 0.0603. The van der Waals surface area contributed by atoms with Crippen LogP contribution in [-0.4, -0.2) is 18.1 Å². The lowest BCUT2D eigenvalue weighted by atomic mass is 10.1. The smallest absolute Gasteiger partial charge is 0.340 e. The summed E-state index contributed by atoms with van der Waals surface area (Å²) in [5.41, 5.74) is 1.19. The van der Waals surface area contributed by atoms with Gasteiger partial charge >= 0.3 is 5.97 Å². The first-order valence-corrected chi connectivity index (χ1v) is 5.43. The monoisotopic (exact) mass is 313 g/mol. The van der Waals surface area contributed by atoms with Gasteiger partial charge in [0.05, 0.1) is 18.2 Å². The van der Waals surface area contributed by atoms with Crippen LogP contribution < -0.4 is 0 Å². The summed E-state index contributed by atoms with van der Waals surface area (Å²) in [5.74, 6) is -0.352. The molecule has 1 aromatic carbocycles. The summed E-state index contributed by atoms with van der Waals surface area (Å²) in [5, 5.41) is 0.949. The third-order valence-electron chi connectivity index (χ3n) is 2.08. The first-order valence-electron chi connectivity index (χ1n) is 4.35. The van der Waals surface area contributed by atoms with E-state index in [-0.39, 0.29) is 5.97 Å². The molecule has 0 aliphatic heterocycles. The van der Waals surface area contributed by atoms with Crippen LogP contribution in [0.1, 0.15) is 10.4 Å². The predicted molar refractivity (Wildman–Crippen MR) is 65.8 cm³/mol. The number of esters is 1. The van der Waals surface area contributed by atoms with Gasteiger partial charge in [0.1, 0.15) is 0 Å². The van der Waals surface area contributed by atoms with Crippen LogP contribution in [0.15, 0.2) is 30.5 Å². The van der Waals surface area contributed by atoms with Crippen LogP contribution in [0.5, 0.6) is 0 Å². The third-order valence-corrected chi connectivity index (χ3v) is 2.67. The number of nitrogens with zero attached hydrogens (tertiary/aromatic N) is 1. The van der Waals surface area contributed by atoms with Crippen LogP contribution in [0, 0.1) is 3.57 Å². The Morgan fingerprint density at radius 2 is 2.27 bits per heavy atom. The van der Waals surface area contributed by atoms with Gasteiger partial charge in [0.15, 0.2) is 0 Å². The fourth-order valence-corrected chi connectivity index (χ4v) is 1.88. The number of carbonyl (C=O) groups is 1. The van der Waals surface area contributed by atoms with E-state index in [1.807, 2.05) is 18.2 Å². The molecule has 0 unspecified atom stereocenters. The molecule has 0 amide bonds. The van der Waals surface area contributed by atoms with Crippen molar-refractivity contribution in [2.45, 2.75) is 0 Å². The lowest BCUT2D eigenvalue weighted by Crippen LogP contribution is -2.02. The van der Waals surface area contributed by atoms with Gasteiger partial charge in [0, 0.05) is 15.2 Å². The maximum atomic E-state index is 11.4. The summed E-state index contributed by atoms with van der Waals surface area (Å²) < 4.78 is 5.74. The largest absolute Gasteiger partial charge is 0.465 e. The number of pyridine rings is 1. The summed E-state index contributed by atoms with van der Waals surface area (Å²) in [6.07, 6.45) is 1.73. The molecular weight excluding hydrogens is 305 g/mol. The van der Waals surface area contributed by atoms with Crippen LogP contribution in [-0.2, 0) is 4.74 Å². The number of benzene rings is 1. The highest BCUT2D eigenvalue weighted by Crippen LogP contribution is 2.19. The molecular formula is C11H8INO2. The van der Waals surface area contributed by atoms with Crippen LogP contribution >= 0.6 is 22.6 Å². The van der Waals surface area contributed by atoms with Gasteiger partial charge in [0.2, 0.25) is 0 Å². The van der Waals surface area contributed by atoms with Crippen LogP contribution in [0.4, 0.5) is 0 Å². The van der Waals surface area contributed by atoms with Crippen molar-refractivity contribution >= 4 is 39.5 Å². The second kappa shape index (κ2) is 4.14. The zero-order valence-electron chi connectivity index (χ0n) is 8.03. The van der Waals surface area contributed by atoms with E-state index in [2.05, 4.69) is 27.6 Å². The van der Waals surface area contributed by atoms with Gasteiger partial charge in [0.25, 0.3) is 0 Å². The maximum Gasteiger partial charge on any atom is 0.340 e. The van der Waals surface area contributed by atoms with Crippen molar-refractivity contribution in [3.8, 4) is 0 Å². The average molecular weight is 313 g/mol. The molecule has 2 aromatic rings. The van der Waals surface area contributed by atoms with E-state index >= 15 is 0 Å². The summed E-state index contributed by atoms with van der Waals surface area (Å²) >= 11 is 2.19. The van der Waals surface area contributed by atoms with E-state index in [1.54, 1.807) is 12.3 Å². The molecule has 2 rings (SSSR count). The predicted octanol–water partition coefficient (Wildman–Crippen LogP) is 2.63. The summed E-state index contributed by atoms with van der Waals surface area (Å²) in [6, 6.07) is 7.45. The Balaban J connectivity index is 2.71. The van der Waals surface area contributed by atoms with Gasteiger partial charge in [-0.25, -0.2) is 4.79 Å². The Kier molecular flexibility index (Phi) is 2.86. The zero-order valence-corrected chi connectivity index (χ0v) is 10.2. The standard InChI is InChI=1S/C11H8INO2/c1-15-11(14)9-4-2-3-7-5-8(12)6-13-10(7)9/h2-6H,1H3. The van der Waals surface area contributed by atoms with Gasteiger partial charge in [-0.3, -0.25) is 4.98 Å². The molecule has 0 spiro atoms. The molecule has 0 aliphatic rings. The zero-order chi connectivity index (χ0) is 10.8. The number of para-hydroxylation sites is 1. The van der Waals surface area contributed by atoms with E-state index in [0.29, 0.717) is 11.1 Å². The van der Waals surface area contributed by atoms with Crippen LogP contribution in [0.2, 0.25) is 0 Å². The van der Waals surface area contributed by atoms with Crippen molar-refractivity contribution in [2.75, 3.05) is 7.11 Å². The molecule has 0 aliphatic carbocycles. The summed E-state index contributed by atoms with van der Waals surface area (Å²) in [6.45, 7) is 0. The Morgan fingerprint density at radius 3 is 3.00 bits per heavy atom. The van der Waals surface area contributed by atoms with Gasteiger partial charge in [-0.1, -0.05) is 12.1 Å². The maximum absolute atomic E-state index is 11.4. The molecule has 15 heavy (non-hydrogen) atoms. The topological polar surface area (TPSA) is 39.2 Å². The van der Waals surface area contributed by atoms with Gasteiger partial charge < -0.3 is 4.74 Å². The fourth-order valence-electron chi connectivity index (χ4n) is 1.41. The number of methoxy groups -OCH3 is 1. The molecule has 4 heteroatoms. The lowest BCUT2D eigenvalue weighted by Gasteiger charge is -2.03. The Labute approximate surface area is 101 Å². The number of halogens is 1. The first-order chi connectivity index (χ1) is 7.22. The number of hydrogen-bond donors (Lipinski definition) is 0. The van der Waals surface area contributed by atoms with Crippen molar-refractivity contribution in [3.63, 3.8) is 0 Å². The van der Waals surface area contributed by atoms with E-state index < -0.39 is 0 Å².